The Morgan fingerprint density at radius 1 is 1.12 bits per heavy atom. The maximum absolute atomic E-state index is 4.32. The first-order valence-electron chi connectivity index (χ1n) is 9.58. The third-order valence-electron chi connectivity index (χ3n) is 4.98. The molecule has 0 atom stereocenters. The Balaban J connectivity index is 0.00000243. The van der Waals surface area contributed by atoms with Crippen molar-refractivity contribution in [3.05, 3.63) is 36.0 Å². The minimum absolute atomic E-state index is 0. The zero-order chi connectivity index (χ0) is 17.3. The molecule has 5 nitrogen and oxygen atoms in total. The second kappa shape index (κ2) is 11.4. The van der Waals surface area contributed by atoms with Gasteiger partial charge in [-0.1, -0.05) is 18.2 Å². The van der Waals surface area contributed by atoms with Crippen molar-refractivity contribution in [3.63, 3.8) is 0 Å². The quantitative estimate of drug-likeness (QED) is 0.241. The molecule has 0 radical (unpaired) electrons. The van der Waals surface area contributed by atoms with Gasteiger partial charge in [0.25, 0.3) is 0 Å². The van der Waals surface area contributed by atoms with Crippen molar-refractivity contribution in [2.45, 2.75) is 32.1 Å². The molecule has 0 spiro atoms. The van der Waals surface area contributed by atoms with Gasteiger partial charge in [0.05, 0.1) is 0 Å². The predicted octanol–water partition coefficient (Wildman–Crippen LogP) is 3.37. The number of para-hydroxylation sites is 1. The van der Waals surface area contributed by atoms with Crippen LogP contribution in [0.5, 0.6) is 0 Å². The van der Waals surface area contributed by atoms with E-state index in [-0.39, 0.29) is 24.0 Å². The molecule has 0 bridgehead atoms. The monoisotopic (exact) mass is 469 g/mol. The van der Waals surface area contributed by atoms with E-state index in [1.54, 1.807) is 0 Å². The van der Waals surface area contributed by atoms with Gasteiger partial charge in [0.2, 0.25) is 0 Å². The average Bonchev–Trinajstić information content (AvgIpc) is 3.30. The summed E-state index contributed by atoms with van der Waals surface area (Å²) >= 11 is 0. The number of halogens is 1. The number of hydrogen-bond acceptors (Lipinski definition) is 2. The molecule has 3 rings (SSSR count). The highest BCUT2D eigenvalue weighted by Gasteiger charge is 2.10. The minimum Gasteiger partial charge on any atom is -0.361 e. The van der Waals surface area contributed by atoms with E-state index in [0.29, 0.717) is 0 Å². The van der Waals surface area contributed by atoms with Crippen molar-refractivity contribution >= 4 is 40.8 Å². The summed E-state index contributed by atoms with van der Waals surface area (Å²) in [4.78, 5) is 10.2. The molecule has 0 saturated carbocycles. The molecule has 1 aliphatic rings. The first kappa shape index (κ1) is 21.0. The number of guanidine groups is 1. The average molecular weight is 469 g/mol. The first-order valence-corrected chi connectivity index (χ1v) is 9.58. The Hall–Kier alpha value is -1.28. The lowest BCUT2D eigenvalue weighted by Gasteiger charge is -2.15. The highest BCUT2D eigenvalue weighted by atomic mass is 127. The second-order valence-electron chi connectivity index (χ2n) is 6.79. The van der Waals surface area contributed by atoms with Gasteiger partial charge in [0.1, 0.15) is 0 Å². The molecule has 2 heterocycles. The van der Waals surface area contributed by atoms with Gasteiger partial charge in [0, 0.05) is 37.2 Å². The van der Waals surface area contributed by atoms with Crippen LogP contribution in [0.4, 0.5) is 0 Å². The molecule has 0 amide bonds. The van der Waals surface area contributed by atoms with Gasteiger partial charge < -0.3 is 20.5 Å². The zero-order valence-corrected chi connectivity index (χ0v) is 18.1. The maximum atomic E-state index is 4.32. The van der Waals surface area contributed by atoms with Crippen LogP contribution >= 0.6 is 24.0 Å². The Labute approximate surface area is 174 Å². The summed E-state index contributed by atoms with van der Waals surface area (Å²) in [6, 6.07) is 8.45. The lowest BCUT2D eigenvalue weighted by molar-refractivity contribution is 0.330. The molecule has 3 N–H and O–H groups in total. The molecule has 26 heavy (non-hydrogen) atoms. The van der Waals surface area contributed by atoms with Crippen molar-refractivity contribution in [3.8, 4) is 0 Å². The minimum atomic E-state index is 0. The number of H-pyrrole nitrogens is 1. The molecular formula is C20H32IN5. The van der Waals surface area contributed by atoms with Crippen LogP contribution in [0.1, 0.15) is 31.2 Å². The number of benzene rings is 1. The van der Waals surface area contributed by atoms with Gasteiger partial charge in [-0.25, -0.2) is 0 Å². The molecule has 1 saturated heterocycles. The topological polar surface area (TPSA) is 55.5 Å². The van der Waals surface area contributed by atoms with Crippen LogP contribution in [0.15, 0.2) is 35.5 Å². The summed E-state index contributed by atoms with van der Waals surface area (Å²) in [7, 11) is 1.84. The van der Waals surface area contributed by atoms with E-state index in [1.165, 1.54) is 61.8 Å². The van der Waals surface area contributed by atoms with E-state index in [9.17, 15) is 0 Å². The van der Waals surface area contributed by atoms with Crippen LogP contribution in [0.3, 0.4) is 0 Å². The Morgan fingerprint density at radius 2 is 1.88 bits per heavy atom. The standard InChI is InChI=1S/C20H31N5.HI/c1-21-20(22-11-4-5-13-25-14-6-7-15-25)23-12-10-17-16-24-19-9-3-2-8-18(17)19;/h2-3,8-9,16,24H,4-7,10-15H2,1H3,(H2,21,22,23);1H. The third kappa shape index (κ3) is 6.16. The van der Waals surface area contributed by atoms with Gasteiger partial charge >= 0.3 is 0 Å². The lowest BCUT2D eigenvalue weighted by atomic mass is 10.1. The number of nitrogens with zero attached hydrogens (tertiary/aromatic N) is 2. The number of rotatable bonds is 8. The van der Waals surface area contributed by atoms with Crippen LogP contribution in [0.2, 0.25) is 0 Å². The molecule has 1 fully saturated rings. The molecule has 2 aromatic rings. The van der Waals surface area contributed by atoms with E-state index in [4.69, 9.17) is 0 Å². The first-order chi connectivity index (χ1) is 12.4. The van der Waals surface area contributed by atoms with Crippen LogP contribution < -0.4 is 10.6 Å². The number of unbranched alkanes of at least 4 members (excludes halogenated alkanes) is 1. The summed E-state index contributed by atoms with van der Waals surface area (Å²) in [6.45, 7) is 5.71. The second-order valence-corrected chi connectivity index (χ2v) is 6.79. The molecule has 1 aromatic heterocycles. The van der Waals surface area contributed by atoms with E-state index >= 15 is 0 Å². The maximum Gasteiger partial charge on any atom is 0.190 e. The molecule has 6 heteroatoms. The number of nitrogens with one attached hydrogen (secondary N) is 3. The van der Waals surface area contributed by atoms with Crippen LogP contribution in [-0.2, 0) is 6.42 Å². The van der Waals surface area contributed by atoms with Crippen LogP contribution in [0, 0.1) is 0 Å². The Kier molecular flexibility index (Phi) is 9.25. The fraction of sp³-hybridized carbons (Fsp3) is 0.550. The predicted molar refractivity (Wildman–Crippen MR) is 122 cm³/mol. The summed E-state index contributed by atoms with van der Waals surface area (Å²) in [5.41, 5.74) is 2.56. The number of aliphatic imine (C=N–C) groups is 1. The highest BCUT2D eigenvalue weighted by Crippen LogP contribution is 2.17. The molecule has 1 aromatic carbocycles. The smallest absolute Gasteiger partial charge is 0.190 e. The normalized spacial score (nSPS) is 15.2. The van der Waals surface area contributed by atoms with E-state index in [2.05, 4.69) is 56.0 Å². The highest BCUT2D eigenvalue weighted by molar-refractivity contribution is 14.0. The van der Waals surface area contributed by atoms with Crippen molar-refractivity contribution in [1.82, 2.24) is 20.5 Å². The van der Waals surface area contributed by atoms with E-state index < -0.39 is 0 Å². The molecule has 0 aliphatic carbocycles. The lowest BCUT2D eigenvalue weighted by Crippen LogP contribution is -2.38. The SMILES string of the molecule is CN=C(NCCCCN1CCCC1)NCCc1c[nH]c2ccccc12.I. The number of hydrogen-bond donors (Lipinski definition) is 3. The number of likely N-dealkylation sites (tertiary alicyclic amines) is 1. The largest absolute Gasteiger partial charge is 0.361 e. The zero-order valence-electron chi connectivity index (χ0n) is 15.8. The van der Waals surface area contributed by atoms with E-state index in [1.807, 2.05) is 7.05 Å². The molecule has 1 aliphatic heterocycles. The fourth-order valence-electron chi connectivity index (χ4n) is 3.55. The van der Waals surface area contributed by atoms with Crippen LogP contribution in [-0.4, -0.2) is 55.6 Å². The molecule has 144 valence electrons. The fourth-order valence-corrected chi connectivity index (χ4v) is 3.55. The van der Waals surface area contributed by atoms with Gasteiger partial charge in [-0.05, 0) is 63.4 Å². The van der Waals surface area contributed by atoms with Gasteiger partial charge in [-0.2, -0.15) is 0 Å². The summed E-state index contributed by atoms with van der Waals surface area (Å²) < 4.78 is 0. The van der Waals surface area contributed by atoms with Gasteiger partial charge in [-0.3, -0.25) is 4.99 Å². The molecular weight excluding hydrogens is 437 g/mol. The van der Waals surface area contributed by atoms with E-state index in [0.717, 1.165) is 25.5 Å². The Bertz CT molecular complexity index is 676. The number of fused-ring (bicyclic) bond motifs is 1. The van der Waals surface area contributed by atoms with Crippen molar-refractivity contribution in [2.24, 2.45) is 4.99 Å². The number of aromatic amines is 1. The van der Waals surface area contributed by atoms with Gasteiger partial charge in [0.15, 0.2) is 5.96 Å². The summed E-state index contributed by atoms with van der Waals surface area (Å²) in [5.74, 6) is 0.904. The molecule has 0 unspecified atom stereocenters. The third-order valence-corrected chi connectivity index (χ3v) is 4.98. The van der Waals surface area contributed by atoms with Crippen molar-refractivity contribution < 1.29 is 0 Å². The summed E-state index contributed by atoms with van der Waals surface area (Å²) in [6.07, 6.45) is 8.32. The van der Waals surface area contributed by atoms with Crippen LogP contribution in [0.25, 0.3) is 10.9 Å². The Morgan fingerprint density at radius 3 is 2.69 bits per heavy atom. The number of aromatic nitrogens is 1. The summed E-state index contributed by atoms with van der Waals surface area (Å²) in [5, 5.41) is 8.16. The van der Waals surface area contributed by atoms with Crippen molar-refractivity contribution in [1.29, 1.82) is 0 Å². The van der Waals surface area contributed by atoms with Gasteiger partial charge in [-0.15, -0.1) is 24.0 Å². The van der Waals surface area contributed by atoms with Crippen molar-refractivity contribution in [2.75, 3.05) is 39.8 Å².